The fourth-order valence-electron chi connectivity index (χ4n) is 3.55. The first-order valence-electron chi connectivity index (χ1n) is 10.2. The van der Waals surface area contributed by atoms with E-state index in [1.165, 1.54) is 0 Å². The molecule has 2 aliphatic heterocycles. The number of esters is 1. The van der Waals surface area contributed by atoms with E-state index in [0.717, 1.165) is 12.0 Å². The first-order valence-corrected chi connectivity index (χ1v) is 10.6. The number of nitrogens with zero attached hydrogens (tertiary/aromatic N) is 5. The summed E-state index contributed by atoms with van der Waals surface area (Å²) in [5.74, 6) is -0.0560. The number of nitrogens with one attached hydrogen (secondary N) is 1. The molecular formula is C21H25ClN6O3. The maximum Gasteiger partial charge on any atom is 0.307 e. The van der Waals surface area contributed by atoms with E-state index in [2.05, 4.69) is 15.4 Å². The Kier molecular flexibility index (Phi) is 7.47. The van der Waals surface area contributed by atoms with Gasteiger partial charge in [0.05, 0.1) is 37.4 Å². The van der Waals surface area contributed by atoms with Crippen molar-refractivity contribution in [1.82, 2.24) is 15.2 Å². The molecule has 0 bridgehead atoms. The predicted molar refractivity (Wildman–Crippen MR) is 116 cm³/mol. The number of carbonyl (C=O) groups excluding carboxylic acids is 2. The number of likely N-dealkylation sites (tertiary alicyclic amines) is 1. The third-order valence-corrected chi connectivity index (χ3v) is 5.12. The molecule has 1 amide bonds. The fourth-order valence-corrected chi connectivity index (χ4v) is 3.67. The number of hydrogen-bond acceptors (Lipinski definition) is 6. The molecule has 1 saturated heterocycles. The van der Waals surface area contributed by atoms with Crippen LogP contribution in [0.1, 0.15) is 38.7 Å². The Morgan fingerprint density at radius 1 is 1.42 bits per heavy atom. The van der Waals surface area contributed by atoms with E-state index in [-0.39, 0.29) is 42.9 Å². The maximum absolute atomic E-state index is 12.4. The largest absolute Gasteiger partial charge is 0.463 e. The normalized spacial score (nSPS) is 18.9. The summed E-state index contributed by atoms with van der Waals surface area (Å²) in [7, 11) is 0. The number of aliphatic imine (C=N–C) groups is 1. The molecule has 9 nitrogen and oxygen atoms in total. The first-order chi connectivity index (χ1) is 14.9. The molecule has 2 aliphatic rings. The lowest BCUT2D eigenvalue weighted by molar-refractivity contribution is -0.147. The lowest BCUT2D eigenvalue weighted by Crippen LogP contribution is -2.45. The minimum atomic E-state index is -0.359. The predicted octanol–water partition coefficient (Wildman–Crippen LogP) is 2.12. The van der Waals surface area contributed by atoms with Crippen LogP contribution >= 0.6 is 11.6 Å². The SMILES string of the molecule is CC(C)OC(=O)CCN=C(NC#N)N1CC(N2CCCC2=O)C(c2ccc(Cl)cc2)=N1. The van der Waals surface area contributed by atoms with Gasteiger partial charge in [-0.05, 0) is 32.4 Å². The van der Waals surface area contributed by atoms with Gasteiger partial charge in [0.2, 0.25) is 11.9 Å². The van der Waals surface area contributed by atoms with Crippen LogP contribution in [0.2, 0.25) is 5.02 Å². The summed E-state index contributed by atoms with van der Waals surface area (Å²) in [5.41, 5.74) is 1.55. The molecule has 10 heteroatoms. The van der Waals surface area contributed by atoms with Gasteiger partial charge in [-0.15, -0.1) is 0 Å². The molecule has 1 aromatic rings. The van der Waals surface area contributed by atoms with Crippen molar-refractivity contribution in [2.45, 2.75) is 45.3 Å². The highest BCUT2D eigenvalue weighted by Gasteiger charge is 2.38. The Balaban J connectivity index is 1.83. The second kappa shape index (κ2) is 10.3. The van der Waals surface area contributed by atoms with E-state index in [4.69, 9.17) is 21.6 Å². The molecule has 1 atom stereocenters. The van der Waals surface area contributed by atoms with E-state index in [9.17, 15) is 9.59 Å². The zero-order valence-corrected chi connectivity index (χ0v) is 18.3. The number of halogens is 1. The van der Waals surface area contributed by atoms with Gasteiger partial charge in [-0.3, -0.25) is 19.9 Å². The summed E-state index contributed by atoms with van der Waals surface area (Å²) in [6, 6.07) is 6.98. The van der Waals surface area contributed by atoms with Gasteiger partial charge in [0, 0.05) is 23.6 Å². The van der Waals surface area contributed by atoms with Gasteiger partial charge in [0.1, 0.15) is 0 Å². The Morgan fingerprint density at radius 2 is 2.16 bits per heavy atom. The smallest absolute Gasteiger partial charge is 0.307 e. The number of nitriles is 1. The van der Waals surface area contributed by atoms with Crippen molar-refractivity contribution in [3.63, 3.8) is 0 Å². The molecule has 0 radical (unpaired) electrons. The standard InChI is InChI=1S/C21H25ClN6O3/c1-14(2)31-19(30)9-10-24-21(25-13-23)28-12-17(27-11-3-4-18(27)29)20(26-28)15-5-7-16(22)8-6-15/h5-8,14,17H,3-4,9-12H2,1-2H3,(H,24,25). The first kappa shape index (κ1) is 22.6. The van der Waals surface area contributed by atoms with Crippen LogP contribution in [0.15, 0.2) is 34.4 Å². The van der Waals surface area contributed by atoms with Gasteiger partial charge in [-0.25, -0.2) is 5.01 Å². The number of guanidine groups is 1. The van der Waals surface area contributed by atoms with Crippen molar-refractivity contribution in [2.75, 3.05) is 19.6 Å². The highest BCUT2D eigenvalue weighted by molar-refractivity contribution is 6.30. The number of rotatable bonds is 6. The maximum atomic E-state index is 12.4. The fraction of sp³-hybridized carbons (Fsp3) is 0.476. The van der Waals surface area contributed by atoms with Crippen LogP contribution in [0.25, 0.3) is 0 Å². The van der Waals surface area contributed by atoms with Crippen molar-refractivity contribution in [3.8, 4) is 6.19 Å². The zero-order valence-electron chi connectivity index (χ0n) is 17.5. The zero-order chi connectivity index (χ0) is 22.4. The van der Waals surface area contributed by atoms with Crippen LogP contribution in [-0.4, -0.2) is 65.2 Å². The molecule has 164 valence electrons. The number of ether oxygens (including phenoxy) is 1. The number of amides is 1. The summed E-state index contributed by atoms with van der Waals surface area (Å²) in [4.78, 5) is 30.3. The van der Waals surface area contributed by atoms with Gasteiger partial charge in [-0.1, -0.05) is 23.7 Å². The van der Waals surface area contributed by atoms with Crippen LogP contribution < -0.4 is 5.32 Å². The van der Waals surface area contributed by atoms with Crippen molar-refractivity contribution in [1.29, 1.82) is 5.26 Å². The average Bonchev–Trinajstić information content (AvgIpc) is 3.33. The molecule has 0 saturated carbocycles. The minimum absolute atomic E-state index is 0.0803. The lowest BCUT2D eigenvalue weighted by Gasteiger charge is -2.25. The van der Waals surface area contributed by atoms with Crippen LogP contribution in [0.4, 0.5) is 0 Å². The summed E-state index contributed by atoms with van der Waals surface area (Å²) < 4.78 is 5.11. The highest BCUT2D eigenvalue weighted by atomic mass is 35.5. The Hall–Kier alpha value is -3.12. The van der Waals surface area contributed by atoms with Crippen molar-refractivity contribution < 1.29 is 14.3 Å². The van der Waals surface area contributed by atoms with E-state index in [1.807, 2.05) is 23.2 Å². The monoisotopic (exact) mass is 444 g/mol. The van der Waals surface area contributed by atoms with E-state index in [1.54, 1.807) is 31.0 Å². The number of hydrazone groups is 1. The van der Waals surface area contributed by atoms with Crippen LogP contribution in [0.5, 0.6) is 0 Å². The topological polar surface area (TPSA) is 110 Å². The lowest BCUT2D eigenvalue weighted by atomic mass is 10.0. The number of benzene rings is 1. The van der Waals surface area contributed by atoms with Crippen molar-refractivity contribution in [3.05, 3.63) is 34.9 Å². The van der Waals surface area contributed by atoms with Gasteiger partial charge in [-0.2, -0.15) is 10.4 Å². The Labute approximate surface area is 186 Å². The van der Waals surface area contributed by atoms with Crippen LogP contribution in [-0.2, 0) is 14.3 Å². The van der Waals surface area contributed by atoms with Crippen LogP contribution in [0.3, 0.4) is 0 Å². The van der Waals surface area contributed by atoms with Gasteiger partial charge >= 0.3 is 5.97 Å². The number of hydrogen-bond donors (Lipinski definition) is 1. The highest BCUT2D eigenvalue weighted by Crippen LogP contribution is 2.24. The van der Waals surface area contributed by atoms with Gasteiger partial charge < -0.3 is 9.64 Å². The van der Waals surface area contributed by atoms with Gasteiger partial charge in [0.25, 0.3) is 0 Å². The number of carbonyl (C=O) groups is 2. The van der Waals surface area contributed by atoms with Gasteiger partial charge in [0.15, 0.2) is 6.19 Å². The summed E-state index contributed by atoms with van der Waals surface area (Å²) in [6.07, 6.45) is 3.07. The van der Waals surface area contributed by atoms with E-state index >= 15 is 0 Å². The average molecular weight is 445 g/mol. The van der Waals surface area contributed by atoms with Crippen LogP contribution in [0, 0.1) is 11.5 Å². The molecule has 0 aliphatic carbocycles. The summed E-state index contributed by atoms with van der Waals surface area (Å²) in [5, 5.41) is 18.5. The molecule has 2 heterocycles. The molecule has 0 aromatic heterocycles. The molecule has 3 rings (SSSR count). The molecule has 1 fully saturated rings. The summed E-state index contributed by atoms with van der Waals surface area (Å²) >= 11 is 6.02. The molecular weight excluding hydrogens is 420 g/mol. The third-order valence-electron chi connectivity index (χ3n) is 4.87. The minimum Gasteiger partial charge on any atom is -0.463 e. The molecule has 1 N–H and O–H groups in total. The Morgan fingerprint density at radius 3 is 2.77 bits per heavy atom. The van der Waals surface area contributed by atoms with Crippen molar-refractivity contribution >= 4 is 35.1 Å². The third kappa shape index (κ3) is 5.73. The molecule has 0 spiro atoms. The molecule has 1 unspecified atom stereocenters. The molecule has 1 aromatic carbocycles. The van der Waals surface area contributed by atoms with E-state index < -0.39 is 0 Å². The summed E-state index contributed by atoms with van der Waals surface area (Å²) in [6.45, 7) is 4.71. The second-order valence-corrected chi connectivity index (χ2v) is 7.95. The molecule has 31 heavy (non-hydrogen) atoms. The Bertz CT molecular complexity index is 922. The quantitative estimate of drug-likeness (QED) is 0.236. The van der Waals surface area contributed by atoms with E-state index in [0.29, 0.717) is 30.2 Å². The van der Waals surface area contributed by atoms with Crippen molar-refractivity contribution in [2.24, 2.45) is 10.1 Å². The second-order valence-electron chi connectivity index (χ2n) is 7.51.